The first-order valence-electron chi connectivity index (χ1n) is 6.28. The topological polar surface area (TPSA) is 26.3 Å². The monoisotopic (exact) mass is 256 g/mol. The minimum absolute atomic E-state index is 0.0810. The molecule has 0 bridgehead atoms. The number of rotatable bonds is 4. The van der Waals surface area contributed by atoms with Crippen molar-refractivity contribution in [3.63, 3.8) is 0 Å². The maximum absolute atomic E-state index is 13.5. The number of hydrogen-bond donors (Lipinski definition) is 0. The molecule has 1 aliphatic carbocycles. The standard InChI is InChI=1S/C16H13FO2/c17-16-9-12(1-2-13(16)10-18)11-3-5-14(6-4-11)19-15-7-8-15/h1-6,9-10,15H,7-8H2. The van der Waals surface area contributed by atoms with Crippen molar-refractivity contribution in [2.45, 2.75) is 18.9 Å². The molecule has 3 heteroatoms. The summed E-state index contributed by atoms with van der Waals surface area (Å²) in [4.78, 5) is 10.6. The molecule has 0 aliphatic heterocycles. The lowest BCUT2D eigenvalue weighted by Crippen LogP contribution is -1.95. The van der Waals surface area contributed by atoms with E-state index in [9.17, 15) is 9.18 Å². The molecule has 0 heterocycles. The Morgan fingerprint density at radius 3 is 2.32 bits per heavy atom. The van der Waals surface area contributed by atoms with Gasteiger partial charge in [0.1, 0.15) is 11.6 Å². The number of halogens is 1. The van der Waals surface area contributed by atoms with Gasteiger partial charge in [0, 0.05) is 0 Å². The Hall–Kier alpha value is -2.16. The first-order chi connectivity index (χ1) is 9.26. The summed E-state index contributed by atoms with van der Waals surface area (Å²) in [5, 5.41) is 0. The Morgan fingerprint density at radius 2 is 1.74 bits per heavy atom. The summed E-state index contributed by atoms with van der Waals surface area (Å²) in [6, 6.07) is 12.2. The highest BCUT2D eigenvalue weighted by Crippen LogP contribution is 2.29. The van der Waals surface area contributed by atoms with Crippen LogP contribution in [0.2, 0.25) is 0 Å². The van der Waals surface area contributed by atoms with Gasteiger partial charge < -0.3 is 4.74 Å². The largest absolute Gasteiger partial charge is 0.490 e. The Morgan fingerprint density at radius 1 is 1.05 bits per heavy atom. The summed E-state index contributed by atoms with van der Waals surface area (Å²) in [5.41, 5.74) is 1.73. The average Bonchev–Trinajstić information content (AvgIpc) is 3.23. The summed E-state index contributed by atoms with van der Waals surface area (Å²) in [6.07, 6.45) is 3.14. The molecule has 2 aromatic rings. The molecule has 19 heavy (non-hydrogen) atoms. The maximum Gasteiger partial charge on any atom is 0.152 e. The van der Waals surface area contributed by atoms with Crippen LogP contribution in [0.1, 0.15) is 23.2 Å². The highest BCUT2D eigenvalue weighted by molar-refractivity contribution is 5.77. The van der Waals surface area contributed by atoms with E-state index in [1.807, 2.05) is 24.3 Å². The predicted molar refractivity (Wildman–Crippen MR) is 70.9 cm³/mol. The molecule has 0 atom stereocenters. The molecule has 3 rings (SSSR count). The van der Waals surface area contributed by atoms with E-state index in [1.165, 1.54) is 12.1 Å². The number of carbonyl (C=O) groups is 1. The minimum atomic E-state index is -0.495. The molecule has 0 aromatic heterocycles. The average molecular weight is 256 g/mol. The first kappa shape index (κ1) is 11.9. The molecule has 96 valence electrons. The van der Waals surface area contributed by atoms with E-state index in [0.717, 1.165) is 29.7 Å². The van der Waals surface area contributed by atoms with Gasteiger partial charge in [-0.3, -0.25) is 4.79 Å². The van der Waals surface area contributed by atoms with Crippen molar-refractivity contribution >= 4 is 6.29 Å². The van der Waals surface area contributed by atoms with Gasteiger partial charge >= 0.3 is 0 Å². The molecule has 1 fully saturated rings. The van der Waals surface area contributed by atoms with E-state index in [2.05, 4.69) is 0 Å². The second-order valence-electron chi connectivity index (χ2n) is 4.70. The first-order valence-corrected chi connectivity index (χ1v) is 6.28. The highest BCUT2D eigenvalue weighted by atomic mass is 19.1. The van der Waals surface area contributed by atoms with Crippen molar-refractivity contribution in [3.05, 3.63) is 53.8 Å². The third kappa shape index (κ3) is 2.65. The third-order valence-corrected chi connectivity index (χ3v) is 3.14. The van der Waals surface area contributed by atoms with Gasteiger partial charge in [0.05, 0.1) is 11.7 Å². The predicted octanol–water partition coefficient (Wildman–Crippen LogP) is 3.85. The Bertz CT molecular complexity index is 601. The van der Waals surface area contributed by atoms with Crippen LogP contribution >= 0.6 is 0 Å². The molecule has 2 aromatic carbocycles. The molecule has 0 N–H and O–H groups in total. The van der Waals surface area contributed by atoms with Gasteiger partial charge in [-0.1, -0.05) is 18.2 Å². The van der Waals surface area contributed by atoms with Crippen LogP contribution in [-0.4, -0.2) is 12.4 Å². The van der Waals surface area contributed by atoms with Crippen molar-refractivity contribution in [3.8, 4) is 16.9 Å². The molecular formula is C16H13FO2. The summed E-state index contributed by atoms with van der Waals surface area (Å²) < 4.78 is 19.2. The van der Waals surface area contributed by atoms with E-state index < -0.39 is 5.82 Å². The lowest BCUT2D eigenvalue weighted by atomic mass is 10.0. The van der Waals surface area contributed by atoms with E-state index in [-0.39, 0.29) is 5.56 Å². The Labute approximate surface area is 110 Å². The second-order valence-corrected chi connectivity index (χ2v) is 4.70. The molecule has 1 aliphatic rings. The van der Waals surface area contributed by atoms with E-state index in [4.69, 9.17) is 4.74 Å². The molecule has 0 spiro atoms. The molecule has 0 amide bonds. The van der Waals surface area contributed by atoms with Crippen molar-refractivity contribution in [2.75, 3.05) is 0 Å². The zero-order valence-corrected chi connectivity index (χ0v) is 10.3. The van der Waals surface area contributed by atoms with Crippen molar-refractivity contribution in [2.24, 2.45) is 0 Å². The summed E-state index contributed by atoms with van der Waals surface area (Å²) in [7, 11) is 0. The fraction of sp³-hybridized carbons (Fsp3) is 0.188. The van der Waals surface area contributed by atoms with Crippen molar-refractivity contribution in [1.29, 1.82) is 0 Å². The molecule has 0 radical (unpaired) electrons. The van der Waals surface area contributed by atoms with Gasteiger partial charge in [-0.15, -0.1) is 0 Å². The maximum atomic E-state index is 13.5. The summed E-state index contributed by atoms with van der Waals surface area (Å²) >= 11 is 0. The second kappa shape index (κ2) is 4.84. The van der Waals surface area contributed by atoms with Gasteiger partial charge in [-0.2, -0.15) is 0 Å². The fourth-order valence-electron chi connectivity index (χ4n) is 1.91. The fourth-order valence-corrected chi connectivity index (χ4v) is 1.91. The van der Waals surface area contributed by atoms with Crippen LogP contribution in [0.4, 0.5) is 4.39 Å². The smallest absolute Gasteiger partial charge is 0.152 e. The molecule has 0 saturated heterocycles. The zero-order chi connectivity index (χ0) is 13.2. The summed E-state index contributed by atoms with van der Waals surface area (Å²) in [5.74, 6) is 0.349. The van der Waals surface area contributed by atoms with Gasteiger partial charge in [-0.05, 0) is 48.2 Å². The number of carbonyl (C=O) groups excluding carboxylic acids is 1. The molecule has 2 nitrogen and oxygen atoms in total. The van der Waals surface area contributed by atoms with Crippen LogP contribution < -0.4 is 4.74 Å². The van der Waals surface area contributed by atoms with Crippen LogP contribution in [0.15, 0.2) is 42.5 Å². The van der Waals surface area contributed by atoms with Crippen molar-refractivity contribution < 1.29 is 13.9 Å². The van der Waals surface area contributed by atoms with E-state index >= 15 is 0 Å². The Balaban J connectivity index is 1.84. The number of aldehydes is 1. The molecular weight excluding hydrogens is 243 g/mol. The van der Waals surface area contributed by atoms with Crippen LogP contribution in [0.3, 0.4) is 0 Å². The number of ether oxygens (including phenoxy) is 1. The van der Waals surface area contributed by atoms with Gasteiger partial charge in [0.25, 0.3) is 0 Å². The highest BCUT2D eigenvalue weighted by Gasteiger charge is 2.23. The van der Waals surface area contributed by atoms with E-state index in [0.29, 0.717) is 12.4 Å². The van der Waals surface area contributed by atoms with Gasteiger partial charge in [0.15, 0.2) is 6.29 Å². The SMILES string of the molecule is O=Cc1ccc(-c2ccc(OC3CC3)cc2)cc1F. The minimum Gasteiger partial charge on any atom is -0.490 e. The van der Waals surface area contributed by atoms with Crippen molar-refractivity contribution in [1.82, 2.24) is 0 Å². The van der Waals surface area contributed by atoms with Crippen LogP contribution in [0, 0.1) is 5.82 Å². The zero-order valence-electron chi connectivity index (χ0n) is 10.3. The lowest BCUT2D eigenvalue weighted by molar-refractivity contribution is 0.112. The van der Waals surface area contributed by atoms with Crippen LogP contribution in [0.5, 0.6) is 5.75 Å². The number of hydrogen-bond acceptors (Lipinski definition) is 2. The molecule has 1 saturated carbocycles. The quantitative estimate of drug-likeness (QED) is 0.777. The third-order valence-electron chi connectivity index (χ3n) is 3.14. The van der Waals surface area contributed by atoms with E-state index in [1.54, 1.807) is 6.07 Å². The normalized spacial score (nSPS) is 14.2. The van der Waals surface area contributed by atoms with Gasteiger partial charge in [0.2, 0.25) is 0 Å². The lowest BCUT2D eigenvalue weighted by Gasteiger charge is -2.06. The van der Waals surface area contributed by atoms with Crippen LogP contribution in [-0.2, 0) is 0 Å². The summed E-state index contributed by atoms with van der Waals surface area (Å²) in [6.45, 7) is 0. The molecule has 0 unspecified atom stereocenters. The van der Waals surface area contributed by atoms with Gasteiger partial charge in [-0.25, -0.2) is 4.39 Å². The van der Waals surface area contributed by atoms with Crippen LogP contribution in [0.25, 0.3) is 11.1 Å². The number of benzene rings is 2. The Kier molecular flexibility index (Phi) is 3.03.